The van der Waals surface area contributed by atoms with Crippen molar-refractivity contribution >= 4 is 81.6 Å². The van der Waals surface area contributed by atoms with Crippen LogP contribution in [0.15, 0.2) is 156 Å². The van der Waals surface area contributed by atoms with Gasteiger partial charge in [-0.15, -0.1) is 0 Å². The van der Waals surface area contributed by atoms with E-state index >= 15 is 4.79 Å². The van der Waals surface area contributed by atoms with Crippen molar-refractivity contribution in [1.29, 1.82) is 0 Å². The number of pyridine rings is 1. The van der Waals surface area contributed by atoms with E-state index in [-0.39, 0.29) is 5.56 Å². The summed E-state index contributed by atoms with van der Waals surface area (Å²) in [6, 6.07) is 53.2. The number of hydrogen-bond donors (Lipinski definition) is 0. The SMILES string of the molecule is O=c1c2c(ccc3c2c2ccccc2n3-c2ccccc2)c2cc3c4ccccc4n(-c4ccccc4)c3c3c4ccccc4n1c23. The molecule has 4 heterocycles. The maximum absolute atomic E-state index is 15.2. The third-order valence-corrected chi connectivity index (χ3v) is 10.1. The Hall–Kier alpha value is -6.39. The van der Waals surface area contributed by atoms with Crippen molar-refractivity contribution in [3.05, 3.63) is 162 Å². The van der Waals surface area contributed by atoms with E-state index in [0.29, 0.717) is 0 Å². The molecular weight excluding hydrogens is 574 g/mol. The highest BCUT2D eigenvalue weighted by atomic mass is 16.1. The molecule has 4 nitrogen and oxygen atoms in total. The first-order valence-corrected chi connectivity index (χ1v) is 16.0. The molecule has 0 amide bonds. The Balaban J connectivity index is 1.44. The maximum atomic E-state index is 15.2. The van der Waals surface area contributed by atoms with Crippen molar-refractivity contribution in [2.45, 2.75) is 0 Å². The monoisotopic (exact) mass is 599 g/mol. The standard InChI is InChI=1S/C43H25N3O/c47-43-39-29(23-24-37-38(39)30-18-8-11-21-35(30)44(37)26-13-3-1-4-14-26)33-25-32-28-17-7-10-20-34(28)45(27-15-5-2-6-16-27)41(32)40-31-19-9-12-22-36(31)46(43)42(33)40/h1-25H. The van der Waals surface area contributed by atoms with Gasteiger partial charge in [0.05, 0.1) is 38.5 Å². The summed E-state index contributed by atoms with van der Waals surface area (Å²) in [7, 11) is 0. The second-order valence-corrected chi connectivity index (χ2v) is 12.5. The lowest BCUT2D eigenvalue weighted by atomic mass is 9.98. The molecule has 0 unspecified atom stereocenters. The van der Waals surface area contributed by atoms with Gasteiger partial charge in [0.1, 0.15) is 0 Å². The molecule has 11 rings (SSSR count). The highest BCUT2D eigenvalue weighted by Crippen LogP contribution is 2.45. The van der Waals surface area contributed by atoms with Gasteiger partial charge >= 0.3 is 0 Å². The quantitative estimate of drug-likeness (QED) is 0.182. The smallest absolute Gasteiger partial charge is 0.264 e. The van der Waals surface area contributed by atoms with Gasteiger partial charge < -0.3 is 9.13 Å². The predicted octanol–water partition coefficient (Wildman–Crippen LogP) is 10.4. The Bertz CT molecular complexity index is 3130. The van der Waals surface area contributed by atoms with Gasteiger partial charge in [-0.1, -0.05) is 97.1 Å². The first-order valence-electron chi connectivity index (χ1n) is 16.0. The van der Waals surface area contributed by atoms with Crippen molar-refractivity contribution in [3.8, 4) is 11.4 Å². The molecular formula is C43H25N3O. The zero-order chi connectivity index (χ0) is 30.8. The summed E-state index contributed by atoms with van der Waals surface area (Å²) < 4.78 is 6.65. The van der Waals surface area contributed by atoms with E-state index in [1.165, 1.54) is 10.8 Å². The van der Waals surface area contributed by atoms with Gasteiger partial charge in [-0.2, -0.15) is 0 Å². The van der Waals surface area contributed by atoms with Crippen molar-refractivity contribution in [2.24, 2.45) is 0 Å². The maximum Gasteiger partial charge on any atom is 0.264 e. The first kappa shape index (κ1) is 24.9. The van der Waals surface area contributed by atoms with Crippen molar-refractivity contribution in [3.63, 3.8) is 0 Å². The lowest BCUT2D eigenvalue weighted by Crippen LogP contribution is -2.13. The van der Waals surface area contributed by atoms with Gasteiger partial charge in [0.25, 0.3) is 5.56 Å². The fourth-order valence-corrected chi connectivity index (χ4v) is 8.34. The predicted molar refractivity (Wildman–Crippen MR) is 196 cm³/mol. The van der Waals surface area contributed by atoms with Crippen LogP contribution in [0.5, 0.6) is 0 Å². The second kappa shape index (κ2) is 8.87. The zero-order valence-electron chi connectivity index (χ0n) is 25.2. The van der Waals surface area contributed by atoms with E-state index in [9.17, 15) is 0 Å². The van der Waals surface area contributed by atoms with E-state index in [2.05, 4.69) is 149 Å². The average Bonchev–Trinajstić information content (AvgIpc) is 3.77. The highest BCUT2D eigenvalue weighted by molar-refractivity contribution is 6.34. The van der Waals surface area contributed by atoms with Crippen molar-refractivity contribution < 1.29 is 0 Å². The van der Waals surface area contributed by atoms with Crippen LogP contribution < -0.4 is 5.56 Å². The molecule has 0 aliphatic carbocycles. The number of hydrogen-bond acceptors (Lipinski definition) is 1. The molecule has 218 valence electrons. The Morgan fingerprint density at radius 3 is 1.57 bits per heavy atom. The molecule has 0 fully saturated rings. The summed E-state index contributed by atoms with van der Waals surface area (Å²) >= 11 is 0. The molecule has 47 heavy (non-hydrogen) atoms. The molecule has 0 spiro atoms. The molecule has 0 N–H and O–H groups in total. The molecule has 11 aromatic rings. The minimum absolute atomic E-state index is 0.0157. The van der Waals surface area contributed by atoms with Crippen LogP contribution in [0.2, 0.25) is 0 Å². The van der Waals surface area contributed by atoms with Crippen LogP contribution >= 0.6 is 0 Å². The molecule has 0 bridgehead atoms. The van der Waals surface area contributed by atoms with Crippen LogP contribution in [0.4, 0.5) is 0 Å². The summed E-state index contributed by atoms with van der Waals surface area (Å²) in [4.78, 5) is 15.2. The van der Waals surface area contributed by atoms with Gasteiger partial charge in [-0.05, 0) is 60.0 Å². The van der Waals surface area contributed by atoms with E-state index in [4.69, 9.17) is 0 Å². The topological polar surface area (TPSA) is 31.3 Å². The zero-order valence-corrected chi connectivity index (χ0v) is 25.2. The van der Waals surface area contributed by atoms with Crippen molar-refractivity contribution in [2.75, 3.05) is 0 Å². The van der Waals surface area contributed by atoms with Gasteiger partial charge in [-0.3, -0.25) is 9.20 Å². The minimum Gasteiger partial charge on any atom is -0.309 e. The number of para-hydroxylation sites is 5. The molecule has 7 aromatic carbocycles. The first-order chi connectivity index (χ1) is 23.3. The molecule has 0 saturated carbocycles. The van der Waals surface area contributed by atoms with Crippen molar-refractivity contribution in [1.82, 2.24) is 13.5 Å². The molecule has 0 aliphatic rings. The highest BCUT2D eigenvalue weighted by Gasteiger charge is 2.26. The van der Waals surface area contributed by atoms with Crippen LogP contribution in [0.3, 0.4) is 0 Å². The molecule has 4 aromatic heterocycles. The largest absolute Gasteiger partial charge is 0.309 e. The van der Waals surface area contributed by atoms with Gasteiger partial charge in [0, 0.05) is 49.1 Å². The van der Waals surface area contributed by atoms with E-state index in [1.807, 2.05) is 16.5 Å². The van der Waals surface area contributed by atoms with Crippen LogP contribution in [-0.2, 0) is 0 Å². The van der Waals surface area contributed by atoms with Crippen LogP contribution in [-0.4, -0.2) is 13.5 Å². The summed E-state index contributed by atoms with van der Waals surface area (Å²) in [6.07, 6.45) is 0. The van der Waals surface area contributed by atoms with E-state index < -0.39 is 0 Å². The van der Waals surface area contributed by atoms with Crippen LogP contribution in [0, 0.1) is 0 Å². The third kappa shape index (κ3) is 3.05. The Morgan fingerprint density at radius 1 is 0.340 bits per heavy atom. The molecule has 0 atom stereocenters. The average molecular weight is 600 g/mol. The lowest BCUT2D eigenvalue weighted by molar-refractivity contribution is 1.18. The van der Waals surface area contributed by atoms with Gasteiger partial charge in [0.2, 0.25) is 0 Å². The van der Waals surface area contributed by atoms with E-state index in [0.717, 1.165) is 82.2 Å². The van der Waals surface area contributed by atoms with Gasteiger partial charge in [-0.25, -0.2) is 0 Å². The number of benzene rings is 7. The Morgan fingerprint density at radius 2 is 0.872 bits per heavy atom. The molecule has 0 radical (unpaired) electrons. The summed E-state index contributed by atoms with van der Waals surface area (Å²) in [5.74, 6) is 0. The fraction of sp³-hybridized carbons (Fsp3) is 0. The number of aromatic nitrogens is 3. The Labute approximate surface area is 267 Å². The summed E-state index contributed by atoms with van der Waals surface area (Å²) in [6.45, 7) is 0. The number of rotatable bonds is 2. The molecule has 0 saturated heterocycles. The van der Waals surface area contributed by atoms with Crippen LogP contribution in [0.25, 0.3) is 93.0 Å². The minimum atomic E-state index is 0.0157. The fourth-order valence-electron chi connectivity index (χ4n) is 8.34. The van der Waals surface area contributed by atoms with E-state index in [1.54, 1.807) is 0 Å². The van der Waals surface area contributed by atoms with Gasteiger partial charge in [0.15, 0.2) is 0 Å². The number of nitrogens with zero attached hydrogens (tertiary/aromatic N) is 3. The normalized spacial score (nSPS) is 12.3. The molecule has 4 heteroatoms. The number of fused-ring (bicyclic) bond motifs is 13. The van der Waals surface area contributed by atoms with Crippen LogP contribution in [0.1, 0.15) is 0 Å². The Kier molecular flexibility index (Phi) is 4.69. The third-order valence-electron chi connectivity index (χ3n) is 10.1. The lowest BCUT2D eigenvalue weighted by Gasteiger charge is -2.12. The second-order valence-electron chi connectivity index (χ2n) is 12.5. The molecule has 0 aliphatic heterocycles. The summed E-state index contributed by atoms with van der Waals surface area (Å²) in [5, 5.41) is 9.48. The summed E-state index contributed by atoms with van der Waals surface area (Å²) in [5.41, 5.74) is 8.49.